The number of alkyl halides is 3. The van der Waals surface area contributed by atoms with Gasteiger partial charge in [-0.3, -0.25) is 0 Å². The van der Waals surface area contributed by atoms with Crippen LogP contribution in [-0.4, -0.2) is 31.2 Å². The molecule has 7 heteroatoms. The lowest BCUT2D eigenvalue weighted by atomic mass is 10.2. The van der Waals surface area contributed by atoms with Gasteiger partial charge in [0.05, 0.1) is 0 Å². The molecule has 0 amide bonds. The molecular formula is C12H15F3O2S2. The molecule has 0 aliphatic heterocycles. The second-order valence-electron chi connectivity index (χ2n) is 3.52. The van der Waals surface area contributed by atoms with Gasteiger partial charge in [-0.25, -0.2) is 0 Å². The molecular weight excluding hydrogens is 297 g/mol. The first-order chi connectivity index (χ1) is 8.96. The molecule has 1 aromatic rings. The van der Waals surface area contributed by atoms with Gasteiger partial charge < -0.3 is 9.47 Å². The zero-order chi connectivity index (χ0) is 14.3. The predicted molar refractivity (Wildman–Crippen MR) is 72.4 cm³/mol. The maximum Gasteiger partial charge on any atom is 0.441 e. The van der Waals surface area contributed by atoms with E-state index >= 15 is 0 Å². The summed E-state index contributed by atoms with van der Waals surface area (Å²) >= 11 is 1.40. The Morgan fingerprint density at radius 2 is 1.63 bits per heavy atom. The molecule has 0 saturated carbocycles. The molecule has 0 radical (unpaired) electrons. The van der Waals surface area contributed by atoms with Crippen molar-refractivity contribution in [1.82, 2.24) is 0 Å². The largest absolute Gasteiger partial charge is 0.441 e. The Balaban J connectivity index is 2.40. The van der Waals surface area contributed by atoms with E-state index in [0.717, 1.165) is 10.5 Å². The molecule has 0 atom stereocenters. The molecule has 2 nitrogen and oxygen atoms in total. The van der Waals surface area contributed by atoms with Crippen molar-refractivity contribution < 1.29 is 22.6 Å². The summed E-state index contributed by atoms with van der Waals surface area (Å²) in [5.74, 6) is 0.468. The summed E-state index contributed by atoms with van der Waals surface area (Å²) in [5.41, 5.74) is -3.27. The van der Waals surface area contributed by atoms with Crippen molar-refractivity contribution in [2.24, 2.45) is 0 Å². The second kappa shape index (κ2) is 8.04. The van der Waals surface area contributed by atoms with E-state index < -0.39 is 11.8 Å². The lowest BCUT2D eigenvalue weighted by molar-refractivity contribution is -0.106. The molecule has 0 unspecified atom stereocenters. The summed E-state index contributed by atoms with van der Waals surface area (Å²) in [6.07, 6.45) is -0.417. The van der Waals surface area contributed by atoms with Gasteiger partial charge in [-0.15, -0.1) is 11.8 Å². The zero-order valence-corrected chi connectivity index (χ0v) is 12.2. The van der Waals surface area contributed by atoms with E-state index in [4.69, 9.17) is 9.47 Å². The van der Waals surface area contributed by atoms with Crippen LogP contribution in [0.1, 0.15) is 11.9 Å². The molecule has 19 heavy (non-hydrogen) atoms. The van der Waals surface area contributed by atoms with E-state index in [-0.39, 0.29) is 17.5 Å². The van der Waals surface area contributed by atoms with E-state index in [1.165, 1.54) is 11.8 Å². The highest BCUT2D eigenvalue weighted by Gasteiger charge is 2.27. The molecule has 0 saturated heterocycles. The smallest absolute Gasteiger partial charge is 0.352 e. The van der Waals surface area contributed by atoms with Gasteiger partial charge in [-0.05, 0) is 12.1 Å². The van der Waals surface area contributed by atoms with Gasteiger partial charge in [-0.2, -0.15) is 13.2 Å². The summed E-state index contributed by atoms with van der Waals surface area (Å²) in [4.78, 5) is 0.928. The Labute approximate surface area is 119 Å². The Morgan fingerprint density at radius 1 is 1.05 bits per heavy atom. The third kappa shape index (κ3) is 6.56. The summed E-state index contributed by atoms with van der Waals surface area (Å²) in [6, 6.07) is 7.39. The number of thioether (sulfide) groups is 2. The highest BCUT2D eigenvalue weighted by molar-refractivity contribution is 8.03. The molecule has 0 aliphatic rings. The average Bonchev–Trinajstić information content (AvgIpc) is 2.37. The molecule has 0 bridgehead atoms. The van der Waals surface area contributed by atoms with Crippen LogP contribution in [0.15, 0.2) is 29.2 Å². The number of benzene rings is 1. The number of hydrogen-bond donors (Lipinski definition) is 0. The van der Waals surface area contributed by atoms with Crippen molar-refractivity contribution >= 4 is 23.5 Å². The Hall–Kier alpha value is -0.370. The average molecular weight is 312 g/mol. The van der Waals surface area contributed by atoms with E-state index in [1.54, 1.807) is 14.2 Å². The minimum Gasteiger partial charge on any atom is -0.352 e. The Morgan fingerprint density at radius 3 is 2.11 bits per heavy atom. The number of methoxy groups -OCH3 is 2. The molecule has 0 N–H and O–H groups in total. The van der Waals surface area contributed by atoms with Crippen LogP contribution in [-0.2, 0) is 9.47 Å². The molecule has 1 aromatic carbocycles. The van der Waals surface area contributed by atoms with Crippen molar-refractivity contribution in [2.45, 2.75) is 16.7 Å². The minimum atomic E-state index is -4.14. The van der Waals surface area contributed by atoms with E-state index in [9.17, 15) is 13.2 Å². The first-order valence-electron chi connectivity index (χ1n) is 5.45. The van der Waals surface area contributed by atoms with E-state index in [2.05, 4.69) is 0 Å². The monoisotopic (exact) mass is 312 g/mol. The van der Waals surface area contributed by atoms with Gasteiger partial charge in [0.2, 0.25) is 0 Å². The van der Waals surface area contributed by atoms with Crippen molar-refractivity contribution in [1.29, 1.82) is 0 Å². The van der Waals surface area contributed by atoms with Crippen LogP contribution in [0.25, 0.3) is 0 Å². The van der Waals surface area contributed by atoms with Gasteiger partial charge in [-0.1, -0.05) is 23.9 Å². The molecule has 0 spiro atoms. The van der Waals surface area contributed by atoms with Crippen molar-refractivity contribution in [3.05, 3.63) is 29.8 Å². The van der Waals surface area contributed by atoms with Crippen LogP contribution in [0.2, 0.25) is 0 Å². The highest BCUT2D eigenvalue weighted by atomic mass is 32.2. The van der Waals surface area contributed by atoms with E-state index in [0.29, 0.717) is 5.75 Å². The lowest BCUT2D eigenvalue weighted by Crippen LogP contribution is -2.03. The number of ether oxygens (including phenoxy) is 2. The van der Waals surface area contributed by atoms with Gasteiger partial charge in [0, 0.05) is 36.2 Å². The van der Waals surface area contributed by atoms with Gasteiger partial charge in [0.1, 0.15) is 0 Å². The van der Waals surface area contributed by atoms with Gasteiger partial charge >= 0.3 is 5.51 Å². The van der Waals surface area contributed by atoms with E-state index in [1.807, 2.05) is 24.3 Å². The maximum absolute atomic E-state index is 11.9. The topological polar surface area (TPSA) is 18.5 Å². The number of halogens is 3. The van der Waals surface area contributed by atoms with Crippen LogP contribution in [0.4, 0.5) is 13.2 Å². The standard InChI is InChI=1S/C12H15F3O2S2/c1-16-11(17-2)9-3-5-10(6-4-9)18-7-8-19-12(13,14)15/h3-6,11H,7-8H2,1-2H3. The minimum absolute atomic E-state index is 0.00728. The number of hydrogen-bond acceptors (Lipinski definition) is 4. The fourth-order valence-electron chi connectivity index (χ4n) is 1.41. The van der Waals surface area contributed by atoms with Gasteiger partial charge in [0.15, 0.2) is 6.29 Å². The first kappa shape index (κ1) is 16.7. The lowest BCUT2D eigenvalue weighted by Gasteiger charge is -2.13. The molecule has 0 aromatic heterocycles. The first-order valence-corrected chi connectivity index (χ1v) is 7.42. The molecule has 108 valence electrons. The SMILES string of the molecule is COC(OC)c1ccc(SCCSC(F)(F)F)cc1. The summed E-state index contributed by atoms with van der Waals surface area (Å²) < 4.78 is 46.0. The Bertz CT molecular complexity index is 364. The zero-order valence-electron chi connectivity index (χ0n) is 10.6. The van der Waals surface area contributed by atoms with Gasteiger partial charge in [0.25, 0.3) is 0 Å². The molecule has 0 aliphatic carbocycles. The number of rotatable bonds is 7. The van der Waals surface area contributed by atoms with Crippen LogP contribution in [0, 0.1) is 0 Å². The molecule has 0 heterocycles. The van der Waals surface area contributed by atoms with Crippen molar-refractivity contribution in [3.8, 4) is 0 Å². The third-order valence-electron chi connectivity index (χ3n) is 2.20. The molecule has 1 rings (SSSR count). The summed E-state index contributed by atoms with van der Waals surface area (Å²) in [5, 5.41) is 0. The summed E-state index contributed by atoms with van der Waals surface area (Å²) in [7, 11) is 3.09. The quantitative estimate of drug-likeness (QED) is 0.424. The normalized spacial score (nSPS) is 12.1. The van der Waals surface area contributed by atoms with Crippen molar-refractivity contribution in [3.63, 3.8) is 0 Å². The van der Waals surface area contributed by atoms with Crippen LogP contribution < -0.4 is 0 Å². The van der Waals surface area contributed by atoms with Crippen molar-refractivity contribution in [2.75, 3.05) is 25.7 Å². The second-order valence-corrected chi connectivity index (χ2v) is 5.84. The summed E-state index contributed by atoms with van der Waals surface area (Å²) in [6.45, 7) is 0. The Kier molecular flexibility index (Phi) is 7.06. The fourth-order valence-corrected chi connectivity index (χ4v) is 2.87. The van der Waals surface area contributed by atoms with Crippen LogP contribution in [0.3, 0.4) is 0 Å². The molecule has 0 fully saturated rings. The van der Waals surface area contributed by atoms with Crippen LogP contribution in [0.5, 0.6) is 0 Å². The van der Waals surface area contributed by atoms with Crippen LogP contribution >= 0.6 is 23.5 Å². The predicted octanol–water partition coefficient (Wildman–Crippen LogP) is 4.32. The highest BCUT2D eigenvalue weighted by Crippen LogP contribution is 2.31. The maximum atomic E-state index is 11.9. The third-order valence-corrected chi connectivity index (χ3v) is 4.21. The fraction of sp³-hybridized carbons (Fsp3) is 0.500.